The summed E-state index contributed by atoms with van der Waals surface area (Å²) in [6, 6.07) is 10.00. The van der Waals surface area contributed by atoms with Gasteiger partial charge in [-0.2, -0.15) is 0 Å². The zero-order chi connectivity index (χ0) is 29.1. The van der Waals surface area contributed by atoms with Crippen LogP contribution in [0.1, 0.15) is 54.4 Å². The summed E-state index contributed by atoms with van der Waals surface area (Å²) in [6.07, 6.45) is 1.17. The minimum absolute atomic E-state index is 0.0105. The summed E-state index contributed by atoms with van der Waals surface area (Å²) in [5.74, 6) is -3.29. The first kappa shape index (κ1) is 28.2. The van der Waals surface area contributed by atoms with E-state index in [1.54, 1.807) is 20.4 Å². The number of anilines is 1. The fourth-order valence-corrected chi connectivity index (χ4v) is 5.57. The van der Waals surface area contributed by atoms with Crippen molar-refractivity contribution in [2.75, 3.05) is 19.1 Å². The Morgan fingerprint density at radius 3 is 2.40 bits per heavy atom. The van der Waals surface area contributed by atoms with Crippen molar-refractivity contribution in [3.63, 3.8) is 0 Å². The van der Waals surface area contributed by atoms with Crippen molar-refractivity contribution < 1.29 is 33.8 Å². The average Bonchev–Trinajstić information content (AvgIpc) is 3.37. The summed E-state index contributed by atoms with van der Waals surface area (Å²) in [5, 5.41) is 12.1. The van der Waals surface area contributed by atoms with E-state index in [0.717, 1.165) is 20.9 Å². The quantitative estimate of drug-likeness (QED) is 0.252. The Morgan fingerprint density at radius 2 is 1.80 bits per heavy atom. The highest BCUT2D eigenvalue weighted by Gasteiger charge is 2.40. The van der Waals surface area contributed by atoms with Gasteiger partial charge in [0.15, 0.2) is 0 Å². The first-order chi connectivity index (χ1) is 19.1. The van der Waals surface area contributed by atoms with Crippen LogP contribution in [0.4, 0.5) is 5.00 Å². The number of carbonyl (C=O) groups is 5. The number of fused-ring (bicyclic) bond motifs is 1. The number of imide groups is 1. The third kappa shape index (κ3) is 5.34. The van der Waals surface area contributed by atoms with Crippen LogP contribution in [0.2, 0.25) is 0 Å². The number of hydrogen-bond acceptors (Lipinski definition) is 8. The molecule has 0 radical (unpaired) electrons. The Bertz CT molecular complexity index is 1560. The third-order valence-electron chi connectivity index (χ3n) is 6.37. The van der Waals surface area contributed by atoms with Gasteiger partial charge in [-0.3, -0.25) is 24.2 Å². The van der Waals surface area contributed by atoms with Gasteiger partial charge >= 0.3 is 5.97 Å². The predicted octanol–water partition coefficient (Wildman–Crippen LogP) is 3.03. The summed E-state index contributed by atoms with van der Waals surface area (Å²) >= 11 is 1.27. The number of nitrogens with one attached hydrogen (secondary N) is 1. The van der Waals surface area contributed by atoms with Crippen molar-refractivity contribution >= 4 is 52.2 Å². The molecule has 0 saturated carbocycles. The number of benzene rings is 2. The summed E-state index contributed by atoms with van der Waals surface area (Å²) in [4.78, 5) is 68.5. The number of nitrogens with two attached hydrogens (primary N) is 1. The first-order valence-corrected chi connectivity index (χ1v) is 12.9. The minimum Gasteiger partial charge on any atom is -0.497 e. The number of primary amides is 1. The van der Waals surface area contributed by atoms with E-state index in [0.29, 0.717) is 16.3 Å². The van der Waals surface area contributed by atoms with Crippen LogP contribution in [-0.2, 0) is 9.59 Å². The second kappa shape index (κ2) is 11.5. The molecule has 2 aromatic carbocycles. The van der Waals surface area contributed by atoms with Crippen LogP contribution in [0, 0.1) is 6.92 Å². The zero-order valence-electron chi connectivity index (χ0n) is 21.9. The molecule has 1 aromatic heterocycles. The number of nitrogens with zero attached hydrogens (tertiary/aromatic N) is 2. The zero-order valence-corrected chi connectivity index (χ0v) is 22.7. The Balaban J connectivity index is 1.68. The maximum absolute atomic E-state index is 13.6. The van der Waals surface area contributed by atoms with Crippen molar-refractivity contribution in [1.82, 2.24) is 5.32 Å². The highest BCUT2D eigenvalue weighted by Crippen LogP contribution is 2.43. The maximum atomic E-state index is 13.6. The van der Waals surface area contributed by atoms with Gasteiger partial charge in [0.05, 0.1) is 18.2 Å². The molecule has 206 valence electrons. The summed E-state index contributed by atoms with van der Waals surface area (Å²) in [6.45, 7) is 1.89. The molecule has 0 aliphatic carbocycles. The topological polar surface area (TPSA) is 168 Å². The third-order valence-corrected chi connectivity index (χ3v) is 7.48. The molecule has 0 unspecified atom stereocenters. The molecular weight excluding hydrogens is 536 g/mol. The van der Waals surface area contributed by atoms with Crippen molar-refractivity contribution in [2.45, 2.75) is 25.8 Å². The summed E-state index contributed by atoms with van der Waals surface area (Å²) < 4.78 is 5.25. The number of carbonyl (C=O) groups excluding carboxylic acids is 4. The molecule has 40 heavy (non-hydrogen) atoms. The summed E-state index contributed by atoms with van der Waals surface area (Å²) in [7, 11) is 3.17. The van der Waals surface area contributed by atoms with E-state index in [4.69, 9.17) is 10.5 Å². The molecule has 4 rings (SSSR count). The van der Waals surface area contributed by atoms with E-state index in [2.05, 4.69) is 10.3 Å². The maximum Gasteiger partial charge on any atom is 0.326 e. The molecule has 3 aromatic rings. The van der Waals surface area contributed by atoms with E-state index < -0.39 is 35.6 Å². The van der Waals surface area contributed by atoms with Crippen molar-refractivity contribution in [3.8, 4) is 16.9 Å². The molecule has 0 fully saturated rings. The lowest BCUT2D eigenvalue weighted by Gasteiger charge is -2.14. The van der Waals surface area contributed by atoms with Crippen LogP contribution in [0.15, 0.2) is 47.5 Å². The number of methoxy groups -OCH3 is 1. The van der Waals surface area contributed by atoms with E-state index in [9.17, 15) is 29.1 Å². The smallest absolute Gasteiger partial charge is 0.326 e. The number of carboxylic acids is 1. The summed E-state index contributed by atoms with van der Waals surface area (Å²) in [5.41, 5.74) is 7.48. The van der Waals surface area contributed by atoms with Crippen molar-refractivity contribution in [3.05, 3.63) is 69.6 Å². The first-order valence-electron chi connectivity index (χ1n) is 12.1. The Labute approximate surface area is 233 Å². The van der Waals surface area contributed by atoms with Crippen LogP contribution >= 0.6 is 11.3 Å². The van der Waals surface area contributed by atoms with Gasteiger partial charge in [-0.25, -0.2) is 9.69 Å². The monoisotopic (exact) mass is 562 g/mol. The number of aryl methyl sites for hydroxylation is 1. The number of carboxylic acid groups (broad SMARTS) is 1. The number of hydrogen-bond donors (Lipinski definition) is 3. The fourth-order valence-electron chi connectivity index (χ4n) is 4.43. The lowest BCUT2D eigenvalue weighted by molar-refractivity contribution is -0.139. The van der Waals surface area contributed by atoms with Crippen LogP contribution < -0.4 is 20.7 Å². The fraction of sp³-hybridized carbons (Fsp3) is 0.214. The standard InChI is InChI=1S/C28H26N4O7S/c1-14-23(15-4-7-17(39-3)8-5-15)20(13-30-2)27(40-14)32-25(35)18-9-6-16(12-19(18)26(32)36)24(34)31-21(28(37)38)10-11-22(29)33/h4-9,12-13,21H,10-11H2,1-3H3,(H2,29,33)(H,31,34)(H,37,38)/t21-/m0/s1. The van der Waals surface area contributed by atoms with Gasteiger partial charge in [-0.15, -0.1) is 11.3 Å². The van der Waals surface area contributed by atoms with E-state index >= 15 is 0 Å². The van der Waals surface area contributed by atoms with Gasteiger partial charge in [0.25, 0.3) is 17.7 Å². The van der Waals surface area contributed by atoms with Crippen LogP contribution in [0.5, 0.6) is 5.75 Å². The SMILES string of the molecule is CN=Cc1c(N2C(=O)c3ccc(C(=O)N[C@@H](CCC(N)=O)C(=O)O)cc3C2=O)sc(C)c1-c1ccc(OC)cc1. The molecule has 0 saturated heterocycles. The van der Waals surface area contributed by atoms with Gasteiger partial charge in [-0.05, 0) is 49.2 Å². The molecule has 2 heterocycles. The van der Waals surface area contributed by atoms with Gasteiger partial charge in [0.1, 0.15) is 16.8 Å². The molecule has 11 nitrogen and oxygen atoms in total. The molecule has 0 spiro atoms. The lowest BCUT2D eigenvalue weighted by Crippen LogP contribution is -2.41. The Morgan fingerprint density at radius 1 is 1.12 bits per heavy atom. The Hall–Kier alpha value is -4.84. The normalized spacial score (nSPS) is 13.4. The minimum atomic E-state index is -1.36. The molecule has 4 N–H and O–H groups in total. The van der Waals surface area contributed by atoms with Gasteiger partial charge < -0.3 is 20.9 Å². The van der Waals surface area contributed by atoms with E-state index in [1.807, 2.05) is 31.2 Å². The molecule has 4 amide bonds. The molecular formula is C28H26N4O7S. The van der Waals surface area contributed by atoms with Crippen molar-refractivity contribution in [2.24, 2.45) is 10.7 Å². The number of ether oxygens (including phenoxy) is 1. The molecule has 0 bridgehead atoms. The average molecular weight is 563 g/mol. The van der Waals surface area contributed by atoms with Gasteiger partial charge in [0, 0.05) is 41.3 Å². The van der Waals surface area contributed by atoms with Crippen LogP contribution in [0.25, 0.3) is 11.1 Å². The van der Waals surface area contributed by atoms with Gasteiger partial charge in [0.2, 0.25) is 5.91 Å². The molecule has 12 heteroatoms. The number of amides is 4. The largest absolute Gasteiger partial charge is 0.497 e. The van der Waals surface area contributed by atoms with Crippen molar-refractivity contribution in [1.29, 1.82) is 0 Å². The van der Waals surface area contributed by atoms with E-state index in [1.165, 1.54) is 29.5 Å². The predicted molar refractivity (Wildman–Crippen MR) is 149 cm³/mol. The number of aliphatic imine (C=N–C) groups is 1. The second-order valence-corrected chi connectivity index (χ2v) is 10.1. The van der Waals surface area contributed by atoms with E-state index in [-0.39, 0.29) is 29.5 Å². The molecule has 1 atom stereocenters. The van der Waals surface area contributed by atoms with Crippen LogP contribution in [-0.4, -0.2) is 61.1 Å². The van der Waals surface area contributed by atoms with Gasteiger partial charge in [-0.1, -0.05) is 12.1 Å². The second-order valence-electron chi connectivity index (χ2n) is 8.94. The number of rotatable bonds is 10. The lowest BCUT2D eigenvalue weighted by atomic mass is 10.0. The number of thiophene rings is 1. The number of aliphatic carboxylic acids is 1. The van der Waals surface area contributed by atoms with Crippen LogP contribution in [0.3, 0.4) is 0 Å². The molecule has 1 aliphatic rings. The highest BCUT2D eigenvalue weighted by atomic mass is 32.1. The highest BCUT2D eigenvalue weighted by molar-refractivity contribution is 7.17. The Kier molecular flexibility index (Phi) is 8.10. The molecule has 1 aliphatic heterocycles.